The molecule has 0 radical (unpaired) electrons. The van der Waals surface area contributed by atoms with Crippen LogP contribution in [0.1, 0.15) is 18.4 Å². The van der Waals surface area contributed by atoms with Crippen molar-refractivity contribution in [2.75, 3.05) is 7.11 Å². The molecule has 0 aliphatic heterocycles. The third-order valence-corrected chi connectivity index (χ3v) is 3.08. The summed E-state index contributed by atoms with van der Waals surface area (Å²) in [5.41, 5.74) is 3.57. The zero-order valence-corrected chi connectivity index (χ0v) is 11.2. The molecule has 16 heavy (non-hydrogen) atoms. The number of methoxy groups -OCH3 is 1. The molecule has 0 bridgehead atoms. The first-order valence-electron chi connectivity index (χ1n) is 5.13. The molecule has 1 saturated carbocycles. The highest BCUT2D eigenvalue weighted by Gasteiger charge is 2.22. The number of nitrogens with zero attached hydrogens (tertiary/aromatic N) is 1. The van der Waals surface area contributed by atoms with Gasteiger partial charge in [0.2, 0.25) is 0 Å². The first kappa shape index (κ1) is 11.7. The van der Waals surface area contributed by atoms with Crippen LogP contribution in [0.4, 0.5) is 0 Å². The SMILES string of the molecule is COc1cc(I)ccc1C(=NC1CC1)NN. The first-order chi connectivity index (χ1) is 7.74. The van der Waals surface area contributed by atoms with Gasteiger partial charge in [-0.25, -0.2) is 5.84 Å². The Balaban J connectivity index is 2.36. The molecule has 1 aromatic rings. The van der Waals surface area contributed by atoms with Crippen molar-refractivity contribution in [2.24, 2.45) is 10.8 Å². The zero-order valence-electron chi connectivity index (χ0n) is 9.03. The number of halogens is 1. The number of rotatable bonds is 3. The topological polar surface area (TPSA) is 59.6 Å². The summed E-state index contributed by atoms with van der Waals surface area (Å²) in [5.74, 6) is 7.00. The van der Waals surface area contributed by atoms with Gasteiger partial charge in [0.25, 0.3) is 0 Å². The Labute approximate surface area is 108 Å². The number of aliphatic imine (C=N–C) groups is 1. The van der Waals surface area contributed by atoms with Crippen molar-refractivity contribution < 1.29 is 4.74 Å². The van der Waals surface area contributed by atoms with E-state index in [0.29, 0.717) is 11.9 Å². The summed E-state index contributed by atoms with van der Waals surface area (Å²) >= 11 is 2.25. The van der Waals surface area contributed by atoms with E-state index in [0.717, 1.165) is 27.7 Å². The molecule has 0 heterocycles. The molecule has 0 amide bonds. The van der Waals surface area contributed by atoms with Gasteiger partial charge < -0.3 is 10.2 Å². The highest BCUT2D eigenvalue weighted by molar-refractivity contribution is 14.1. The highest BCUT2D eigenvalue weighted by Crippen LogP contribution is 2.26. The van der Waals surface area contributed by atoms with E-state index in [1.165, 1.54) is 0 Å². The highest BCUT2D eigenvalue weighted by atomic mass is 127. The quantitative estimate of drug-likeness (QED) is 0.291. The van der Waals surface area contributed by atoms with Crippen molar-refractivity contribution in [1.82, 2.24) is 5.43 Å². The second-order valence-corrected chi connectivity index (χ2v) is 4.94. The standard InChI is InChI=1S/C11H14IN3O/c1-16-10-6-7(12)2-5-9(10)11(15-13)14-8-3-4-8/h2,5-6,8H,3-4,13H2,1H3,(H,14,15). The number of hydrogen-bond donors (Lipinski definition) is 2. The minimum absolute atomic E-state index is 0.426. The lowest BCUT2D eigenvalue weighted by molar-refractivity contribution is 0.413. The van der Waals surface area contributed by atoms with Gasteiger partial charge in [-0.15, -0.1) is 0 Å². The van der Waals surface area contributed by atoms with E-state index in [-0.39, 0.29) is 0 Å². The van der Waals surface area contributed by atoms with E-state index in [1.54, 1.807) is 7.11 Å². The maximum absolute atomic E-state index is 5.50. The van der Waals surface area contributed by atoms with Crippen LogP contribution >= 0.6 is 22.6 Å². The summed E-state index contributed by atoms with van der Waals surface area (Å²) in [5, 5.41) is 0. The third-order valence-electron chi connectivity index (χ3n) is 2.41. The Morgan fingerprint density at radius 2 is 2.31 bits per heavy atom. The molecule has 0 unspecified atom stereocenters. The molecule has 1 aliphatic rings. The Morgan fingerprint density at radius 3 is 2.88 bits per heavy atom. The fourth-order valence-electron chi connectivity index (χ4n) is 1.43. The number of ether oxygens (including phenoxy) is 1. The minimum Gasteiger partial charge on any atom is -0.496 e. The van der Waals surface area contributed by atoms with E-state index in [1.807, 2.05) is 18.2 Å². The van der Waals surface area contributed by atoms with Gasteiger partial charge in [0, 0.05) is 3.57 Å². The lowest BCUT2D eigenvalue weighted by Crippen LogP contribution is -2.31. The van der Waals surface area contributed by atoms with Gasteiger partial charge in [0.05, 0.1) is 18.7 Å². The van der Waals surface area contributed by atoms with Crippen molar-refractivity contribution in [2.45, 2.75) is 18.9 Å². The predicted octanol–water partition coefficient (Wildman–Crippen LogP) is 1.67. The maximum Gasteiger partial charge on any atom is 0.146 e. The van der Waals surface area contributed by atoms with Crippen LogP contribution in [0.25, 0.3) is 0 Å². The van der Waals surface area contributed by atoms with Gasteiger partial charge in [-0.2, -0.15) is 0 Å². The zero-order chi connectivity index (χ0) is 11.5. The van der Waals surface area contributed by atoms with Crippen LogP contribution < -0.4 is 16.0 Å². The number of nitrogens with two attached hydrogens (primary N) is 1. The normalized spacial score (nSPS) is 16.1. The van der Waals surface area contributed by atoms with Gasteiger partial charge >= 0.3 is 0 Å². The van der Waals surface area contributed by atoms with E-state index in [9.17, 15) is 0 Å². The van der Waals surface area contributed by atoms with Crippen LogP contribution in [-0.2, 0) is 0 Å². The van der Waals surface area contributed by atoms with Crippen molar-refractivity contribution in [3.8, 4) is 5.75 Å². The van der Waals surface area contributed by atoms with E-state index in [2.05, 4.69) is 33.0 Å². The smallest absolute Gasteiger partial charge is 0.146 e. The molecular formula is C11H14IN3O. The average molecular weight is 331 g/mol. The fourth-order valence-corrected chi connectivity index (χ4v) is 1.89. The van der Waals surface area contributed by atoms with Crippen LogP contribution in [0, 0.1) is 3.57 Å². The van der Waals surface area contributed by atoms with Crippen molar-refractivity contribution in [3.63, 3.8) is 0 Å². The Morgan fingerprint density at radius 1 is 1.56 bits per heavy atom. The summed E-state index contributed by atoms with van der Waals surface area (Å²) in [6.07, 6.45) is 2.30. The molecule has 4 nitrogen and oxygen atoms in total. The molecule has 3 N–H and O–H groups in total. The Kier molecular flexibility index (Phi) is 3.65. The molecule has 2 rings (SSSR count). The molecule has 0 atom stereocenters. The largest absolute Gasteiger partial charge is 0.496 e. The molecule has 0 saturated heterocycles. The number of hydrazine groups is 1. The van der Waals surface area contributed by atoms with Crippen LogP contribution in [0.15, 0.2) is 23.2 Å². The summed E-state index contributed by atoms with van der Waals surface area (Å²) in [6, 6.07) is 6.38. The summed E-state index contributed by atoms with van der Waals surface area (Å²) in [7, 11) is 1.65. The molecule has 1 aromatic carbocycles. The third kappa shape index (κ3) is 2.65. The Bertz CT molecular complexity index is 416. The van der Waals surface area contributed by atoms with Crippen LogP contribution in [-0.4, -0.2) is 19.0 Å². The number of benzene rings is 1. The second kappa shape index (κ2) is 5.01. The van der Waals surface area contributed by atoms with E-state index >= 15 is 0 Å². The number of nitrogens with one attached hydrogen (secondary N) is 1. The second-order valence-electron chi connectivity index (χ2n) is 3.70. The summed E-state index contributed by atoms with van der Waals surface area (Å²) in [6.45, 7) is 0. The molecule has 1 fully saturated rings. The molecular weight excluding hydrogens is 317 g/mol. The lowest BCUT2D eigenvalue weighted by atomic mass is 10.2. The predicted molar refractivity (Wildman–Crippen MR) is 72.6 cm³/mol. The number of hydrogen-bond acceptors (Lipinski definition) is 3. The molecule has 0 spiro atoms. The monoisotopic (exact) mass is 331 g/mol. The number of amidine groups is 1. The molecule has 86 valence electrons. The van der Waals surface area contributed by atoms with Crippen molar-refractivity contribution in [1.29, 1.82) is 0 Å². The van der Waals surface area contributed by atoms with Crippen LogP contribution in [0.2, 0.25) is 0 Å². The van der Waals surface area contributed by atoms with E-state index in [4.69, 9.17) is 10.6 Å². The molecule has 5 heteroatoms. The van der Waals surface area contributed by atoms with Crippen LogP contribution in [0.5, 0.6) is 5.75 Å². The molecule has 0 aromatic heterocycles. The Hall–Kier alpha value is -0.820. The average Bonchev–Trinajstić information content (AvgIpc) is 3.10. The maximum atomic E-state index is 5.50. The fraction of sp³-hybridized carbons (Fsp3) is 0.364. The lowest BCUT2D eigenvalue weighted by Gasteiger charge is -2.11. The minimum atomic E-state index is 0.426. The van der Waals surface area contributed by atoms with Gasteiger partial charge in [-0.3, -0.25) is 4.99 Å². The van der Waals surface area contributed by atoms with Gasteiger partial charge in [-0.1, -0.05) is 0 Å². The van der Waals surface area contributed by atoms with Gasteiger partial charge in [0.15, 0.2) is 0 Å². The summed E-state index contributed by atoms with van der Waals surface area (Å²) in [4.78, 5) is 4.51. The molecule has 1 aliphatic carbocycles. The first-order valence-corrected chi connectivity index (χ1v) is 6.21. The van der Waals surface area contributed by atoms with Gasteiger partial charge in [0.1, 0.15) is 11.6 Å². The van der Waals surface area contributed by atoms with Crippen molar-refractivity contribution in [3.05, 3.63) is 27.3 Å². The van der Waals surface area contributed by atoms with Crippen LogP contribution in [0.3, 0.4) is 0 Å². The van der Waals surface area contributed by atoms with Gasteiger partial charge in [-0.05, 0) is 53.6 Å². The summed E-state index contributed by atoms with van der Waals surface area (Å²) < 4.78 is 6.46. The van der Waals surface area contributed by atoms with E-state index < -0.39 is 0 Å². The van der Waals surface area contributed by atoms with Crippen molar-refractivity contribution >= 4 is 28.4 Å².